The average Bonchev–Trinajstić information content (AvgIpc) is 3.31. The number of thiophene rings is 1. The second-order valence-electron chi connectivity index (χ2n) is 8.17. The molecule has 0 radical (unpaired) electrons. The van der Waals surface area contributed by atoms with Crippen LogP contribution in [0.15, 0.2) is 51.7 Å². The van der Waals surface area contributed by atoms with Crippen molar-refractivity contribution in [2.24, 2.45) is 0 Å². The zero-order valence-electron chi connectivity index (χ0n) is 19.0. The summed E-state index contributed by atoms with van der Waals surface area (Å²) < 4.78 is 10.5. The van der Waals surface area contributed by atoms with Gasteiger partial charge in [0.05, 0.1) is 25.4 Å². The molecule has 0 atom stereocenters. The molecule has 0 amide bonds. The summed E-state index contributed by atoms with van der Waals surface area (Å²) in [5, 5.41) is 3.04. The Bertz CT molecular complexity index is 1440. The number of Topliss-reactive ketones (excluding diaryl/α,β-unsaturated/α-hetero) is 1. The summed E-state index contributed by atoms with van der Waals surface area (Å²) in [6.07, 6.45) is 4.68. The lowest BCUT2D eigenvalue weighted by Gasteiger charge is -2.16. The zero-order valence-corrected chi connectivity index (χ0v) is 20.6. The Kier molecular flexibility index (Phi) is 6.43. The van der Waals surface area contributed by atoms with E-state index in [1.54, 1.807) is 25.3 Å². The summed E-state index contributed by atoms with van der Waals surface area (Å²) >= 11 is 2.67. The first kappa shape index (κ1) is 22.7. The SMILES string of the molecule is COc1ccc(C(=O)CSc2nc3scc(-c4ccc5c(c4)CCCC5)c3c(=O)[nH]2)cc1OC. The van der Waals surface area contributed by atoms with Gasteiger partial charge in [-0.15, -0.1) is 11.3 Å². The van der Waals surface area contributed by atoms with Crippen molar-refractivity contribution < 1.29 is 14.3 Å². The van der Waals surface area contributed by atoms with Crippen LogP contribution in [0.4, 0.5) is 0 Å². The summed E-state index contributed by atoms with van der Waals surface area (Å²) in [4.78, 5) is 33.9. The Morgan fingerprint density at radius 2 is 1.85 bits per heavy atom. The largest absolute Gasteiger partial charge is 0.493 e. The molecule has 4 aromatic rings. The van der Waals surface area contributed by atoms with Gasteiger partial charge in [0.1, 0.15) is 4.83 Å². The number of fused-ring (bicyclic) bond motifs is 2. The van der Waals surface area contributed by atoms with E-state index < -0.39 is 0 Å². The van der Waals surface area contributed by atoms with Gasteiger partial charge in [-0.2, -0.15) is 0 Å². The van der Waals surface area contributed by atoms with Crippen LogP contribution in [0.1, 0.15) is 34.3 Å². The highest BCUT2D eigenvalue weighted by molar-refractivity contribution is 7.99. The molecular weight excluding hydrogens is 468 g/mol. The van der Waals surface area contributed by atoms with Gasteiger partial charge in [0.25, 0.3) is 5.56 Å². The number of carbonyl (C=O) groups is 1. The Hall–Kier alpha value is -3.10. The quantitative estimate of drug-likeness (QED) is 0.208. The number of methoxy groups -OCH3 is 2. The minimum Gasteiger partial charge on any atom is -0.493 e. The van der Waals surface area contributed by atoms with Crippen LogP contribution < -0.4 is 15.0 Å². The van der Waals surface area contributed by atoms with E-state index in [0.29, 0.717) is 32.4 Å². The van der Waals surface area contributed by atoms with E-state index in [-0.39, 0.29) is 17.1 Å². The molecule has 0 bridgehead atoms. The van der Waals surface area contributed by atoms with E-state index in [1.807, 2.05) is 5.38 Å². The lowest BCUT2D eigenvalue weighted by Crippen LogP contribution is -2.10. The van der Waals surface area contributed by atoms with Crippen LogP contribution >= 0.6 is 23.1 Å². The number of carbonyl (C=O) groups excluding carboxylic acids is 1. The molecule has 1 N–H and O–H groups in total. The average molecular weight is 493 g/mol. The first-order chi connectivity index (χ1) is 16.6. The van der Waals surface area contributed by atoms with Crippen molar-refractivity contribution in [2.45, 2.75) is 30.8 Å². The highest BCUT2D eigenvalue weighted by atomic mass is 32.2. The molecule has 2 aromatic carbocycles. The number of aryl methyl sites for hydroxylation is 2. The topological polar surface area (TPSA) is 81.3 Å². The summed E-state index contributed by atoms with van der Waals surface area (Å²) in [5.74, 6) is 1.12. The molecular formula is C26H24N2O4S2. The molecule has 2 aromatic heterocycles. The summed E-state index contributed by atoms with van der Waals surface area (Å²) in [6.45, 7) is 0. The third-order valence-corrected chi connectivity index (χ3v) is 7.87. The lowest BCUT2D eigenvalue weighted by atomic mass is 9.89. The predicted molar refractivity (Wildman–Crippen MR) is 137 cm³/mol. The molecule has 174 valence electrons. The number of benzene rings is 2. The number of ketones is 1. The second kappa shape index (κ2) is 9.64. The summed E-state index contributed by atoms with van der Waals surface area (Å²) in [7, 11) is 3.08. The van der Waals surface area contributed by atoms with Crippen LogP contribution in [0.5, 0.6) is 11.5 Å². The van der Waals surface area contributed by atoms with Crippen LogP contribution in [-0.4, -0.2) is 35.7 Å². The maximum Gasteiger partial charge on any atom is 0.260 e. The number of H-pyrrole nitrogens is 1. The third-order valence-electron chi connectivity index (χ3n) is 6.13. The summed E-state index contributed by atoms with van der Waals surface area (Å²) in [6, 6.07) is 11.6. The number of ether oxygens (including phenoxy) is 2. The van der Waals surface area contributed by atoms with Crippen molar-refractivity contribution in [3.8, 4) is 22.6 Å². The molecule has 5 rings (SSSR count). The van der Waals surface area contributed by atoms with E-state index >= 15 is 0 Å². The minimum atomic E-state index is -0.181. The Labute approximate surface area is 205 Å². The number of thioether (sulfide) groups is 1. The van der Waals surface area contributed by atoms with Gasteiger partial charge in [-0.3, -0.25) is 9.59 Å². The normalized spacial score (nSPS) is 13.0. The van der Waals surface area contributed by atoms with E-state index in [1.165, 1.54) is 54.2 Å². The van der Waals surface area contributed by atoms with Gasteiger partial charge in [-0.05, 0) is 60.6 Å². The van der Waals surface area contributed by atoms with Crippen molar-refractivity contribution in [1.29, 1.82) is 0 Å². The number of nitrogens with zero attached hydrogens (tertiary/aromatic N) is 1. The van der Waals surface area contributed by atoms with Gasteiger partial charge in [0, 0.05) is 16.5 Å². The molecule has 0 fully saturated rings. The van der Waals surface area contributed by atoms with Gasteiger partial charge in [-0.1, -0.05) is 30.0 Å². The first-order valence-electron chi connectivity index (χ1n) is 11.1. The maximum absolute atomic E-state index is 13.0. The van der Waals surface area contributed by atoms with Crippen LogP contribution in [0.3, 0.4) is 0 Å². The fourth-order valence-corrected chi connectivity index (χ4v) is 6.10. The maximum atomic E-state index is 13.0. The monoisotopic (exact) mass is 492 g/mol. The van der Waals surface area contributed by atoms with Gasteiger partial charge in [-0.25, -0.2) is 4.98 Å². The zero-order chi connectivity index (χ0) is 23.7. The summed E-state index contributed by atoms with van der Waals surface area (Å²) in [5.41, 5.74) is 5.11. The molecule has 0 saturated heterocycles. The Morgan fingerprint density at radius 3 is 2.65 bits per heavy atom. The number of hydrogen-bond acceptors (Lipinski definition) is 7. The number of aromatic nitrogens is 2. The van der Waals surface area contributed by atoms with E-state index in [2.05, 4.69) is 28.2 Å². The van der Waals surface area contributed by atoms with Crippen LogP contribution in [0, 0.1) is 0 Å². The highest BCUT2D eigenvalue weighted by Gasteiger charge is 2.17. The van der Waals surface area contributed by atoms with Gasteiger partial charge in [0.15, 0.2) is 22.4 Å². The molecule has 0 saturated carbocycles. The number of rotatable bonds is 7. The third kappa shape index (κ3) is 4.35. The van der Waals surface area contributed by atoms with Crippen molar-refractivity contribution >= 4 is 39.1 Å². The molecule has 1 aliphatic carbocycles. The van der Waals surface area contributed by atoms with E-state index in [9.17, 15) is 9.59 Å². The second-order valence-corrected chi connectivity index (χ2v) is 9.99. The van der Waals surface area contributed by atoms with Gasteiger partial charge >= 0.3 is 0 Å². The number of aromatic amines is 1. The lowest BCUT2D eigenvalue weighted by molar-refractivity contribution is 0.102. The predicted octanol–water partition coefficient (Wildman–Crippen LogP) is 5.52. The van der Waals surface area contributed by atoms with Crippen molar-refractivity contribution in [3.05, 3.63) is 68.8 Å². The van der Waals surface area contributed by atoms with Crippen molar-refractivity contribution in [3.63, 3.8) is 0 Å². The molecule has 0 spiro atoms. The smallest absolute Gasteiger partial charge is 0.260 e. The number of hydrogen-bond donors (Lipinski definition) is 1. The van der Waals surface area contributed by atoms with E-state index in [4.69, 9.17) is 9.47 Å². The van der Waals surface area contributed by atoms with Crippen LogP contribution in [-0.2, 0) is 12.8 Å². The molecule has 1 aliphatic rings. The van der Waals surface area contributed by atoms with E-state index in [0.717, 1.165) is 24.0 Å². The molecule has 34 heavy (non-hydrogen) atoms. The van der Waals surface area contributed by atoms with Crippen molar-refractivity contribution in [2.75, 3.05) is 20.0 Å². The molecule has 8 heteroatoms. The fraction of sp³-hybridized carbons (Fsp3) is 0.269. The minimum absolute atomic E-state index is 0.0883. The Morgan fingerprint density at radius 1 is 1.06 bits per heavy atom. The highest BCUT2D eigenvalue weighted by Crippen LogP contribution is 2.34. The fourth-order valence-electron chi connectivity index (χ4n) is 4.34. The van der Waals surface area contributed by atoms with Crippen molar-refractivity contribution in [1.82, 2.24) is 9.97 Å². The molecule has 0 aliphatic heterocycles. The van der Waals surface area contributed by atoms with Gasteiger partial charge < -0.3 is 14.5 Å². The van der Waals surface area contributed by atoms with Gasteiger partial charge in [0.2, 0.25) is 0 Å². The van der Waals surface area contributed by atoms with Crippen LogP contribution in [0.25, 0.3) is 21.3 Å². The standard InChI is InChI=1S/C26H24N2O4S2/c1-31-21-10-9-18(12-22(21)32-2)20(29)14-34-26-27-24(30)23-19(13-33-25(23)28-26)17-8-7-15-5-3-4-6-16(15)11-17/h7-13H,3-6,14H2,1-2H3,(H,27,28,30). The molecule has 6 nitrogen and oxygen atoms in total. The number of nitrogens with one attached hydrogen (secondary N) is 1. The Balaban J connectivity index is 1.37. The molecule has 2 heterocycles. The molecule has 0 unspecified atom stereocenters. The van der Waals surface area contributed by atoms with Crippen LogP contribution in [0.2, 0.25) is 0 Å². The first-order valence-corrected chi connectivity index (χ1v) is 13.0.